The van der Waals surface area contributed by atoms with Gasteiger partial charge in [0.2, 0.25) is 11.5 Å². The first-order valence-electron chi connectivity index (χ1n) is 6.98. The van der Waals surface area contributed by atoms with E-state index in [1.165, 1.54) is 24.3 Å². The van der Waals surface area contributed by atoms with Gasteiger partial charge in [0.15, 0.2) is 5.69 Å². The number of nitrogens with one attached hydrogen (secondary N) is 1. The van der Waals surface area contributed by atoms with Crippen LogP contribution in [0.2, 0.25) is 0 Å². The van der Waals surface area contributed by atoms with Crippen molar-refractivity contribution in [2.24, 2.45) is 0 Å². The first kappa shape index (κ1) is 15.4. The fraction of sp³-hybridized carbons (Fsp3) is 0. The highest BCUT2D eigenvalue weighted by molar-refractivity contribution is 6.14. The largest absolute Gasteiger partial charge is 0.393 e. The lowest BCUT2D eigenvalue weighted by molar-refractivity contribution is 0.0990. The van der Waals surface area contributed by atoms with Crippen LogP contribution in [-0.4, -0.2) is 16.8 Å². The number of nitrogen functional groups attached to an aromatic ring is 1. The van der Waals surface area contributed by atoms with Crippen LogP contribution in [0.25, 0.3) is 0 Å². The van der Waals surface area contributed by atoms with Crippen molar-refractivity contribution in [3.8, 4) is 0 Å². The van der Waals surface area contributed by atoms with E-state index in [0.717, 1.165) is 0 Å². The third-order valence-corrected chi connectivity index (χ3v) is 3.29. The van der Waals surface area contributed by atoms with Crippen LogP contribution in [0.15, 0.2) is 59.1 Å². The van der Waals surface area contributed by atoms with Gasteiger partial charge in [-0.3, -0.25) is 9.59 Å². The van der Waals surface area contributed by atoms with Gasteiger partial charge in [-0.2, -0.15) is 0 Å². The van der Waals surface area contributed by atoms with Crippen molar-refractivity contribution in [3.63, 3.8) is 0 Å². The van der Waals surface area contributed by atoms with Gasteiger partial charge < -0.3 is 15.6 Å². The van der Waals surface area contributed by atoms with Crippen LogP contribution in [0.4, 0.5) is 15.8 Å². The Morgan fingerprint density at radius 3 is 2.38 bits per heavy atom. The normalized spacial score (nSPS) is 10.4. The first-order chi connectivity index (χ1) is 11.6. The summed E-state index contributed by atoms with van der Waals surface area (Å²) in [6, 6.07) is 13.5. The maximum Gasteiger partial charge on any atom is 0.280 e. The second-order valence-electron chi connectivity index (χ2n) is 4.93. The minimum atomic E-state index is -0.657. The summed E-state index contributed by atoms with van der Waals surface area (Å²) in [5.74, 6) is -1.76. The van der Waals surface area contributed by atoms with Crippen molar-refractivity contribution >= 4 is 23.1 Å². The molecule has 1 aromatic heterocycles. The Bertz CT molecular complexity index is 889. The zero-order chi connectivity index (χ0) is 17.1. The summed E-state index contributed by atoms with van der Waals surface area (Å²) in [5.41, 5.74) is 6.19. The lowest BCUT2D eigenvalue weighted by Gasteiger charge is -2.03. The van der Waals surface area contributed by atoms with E-state index in [2.05, 4.69) is 10.5 Å². The van der Waals surface area contributed by atoms with E-state index in [9.17, 15) is 14.0 Å². The Balaban J connectivity index is 1.83. The van der Waals surface area contributed by atoms with E-state index in [4.69, 9.17) is 10.3 Å². The number of hydrogen-bond donors (Lipinski definition) is 2. The number of carbonyl (C=O) groups is 2. The number of hydrogen-bond acceptors (Lipinski definition) is 5. The smallest absolute Gasteiger partial charge is 0.280 e. The molecule has 0 atom stereocenters. The van der Waals surface area contributed by atoms with Gasteiger partial charge >= 0.3 is 0 Å². The molecule has 0 unspecified atom stereocenters. The number of nitrogens with two attached hydrogens (primary N) is 1. The molecule has 6 nitrogen and oxygen atoms in total. The van der Waals surface area contributed by atoms with Gasteiger partial charge in [0.1, 0.15) is 11.5 Å². The van der Waals surface area contributed by atoms with Crippen LogP contribution >= 0.6 is 0 Å². The van der Waals surface area contributed by atoms with Crippen LogP contribution in [0, 0.1) is 5.82 Å². The first-order valence-corrected chi connectivity index (χ1v) is 6.98. The minimum absolute atomic E-state index is 0.150. The van der Waals surface area contributed by atoms with Crippen LogP contribution in [0.3, 0.4) is 0 Å². The van der Waals surface area contributed by atoms with Crippen molar-refractivity contribution in [1.29, 1.82) is 0 Å². The molecule has 0 saturated carbocycles. The average Bonchev–Trinajstić information content (AvgIpc) is 2.98. The number of amides is 1. The molecule has 0 bridgehead atoms. The van der Waals surface area contributed by atoms with Crippen LogP contribution in [0.5, 0.6) is 0 Å². The van der Waals surface area contributed by atoms with Crippen molar-refractivity contribution in [2.45, 2.75) is 0 Å². The Kier molecular flexibility index (Phi) is 4.07. The molecule has 0 saturated heterocycles. The van der Waals surface area contributed by atoms with Crippen molar-refractivity contribution < 1.29 is 18.5 Å². The number of halogens is 1. The predicted octanol–water partition coefficient (Wildman–Crippen LogP) is 2.88. The summed E-state index contributed by atoms with van der Waals surface area (Å²) in [5, 5.41) is 6.07. The molecule has 1 amide bonds. The number of aromatic nitrogens is 1. The molecule has 3 aromatic rings. The molecule has 0 radical (unpaired) electrons. The highest BCUT2D eigenvalue weighted by Crippen LogP contribution is 2.21. The molecule has 1 heterocycles. The van der Waals surface area contributed by atoms with Gasteiger partial charge in [-0.05, 0) is 24.3 Å². The molecule has 24 heavy (non-hydrogen) atoms. The summed E-state index contributed by atoms with van der Waals surface area (Å²) in [6.07, 6.45) is 0. The second-order valence-corrected chi connectivity index (χ2v) is 4.93. The fourth-order valence-electron chi connectivity index (χ4n) is 2.07. The van der Waals surface area contributed by atoms with Gasteiger partial charge in [0.05, 0.1) is 0 Å². The molecule has 120 valence electrons. The lowest BCUT2D eigenvalue weighted by Crippen LogP contribution is -2.14. The molecular formula is C17H12FN3O3. The van der Waals surface area contributed by atoms with Crippen LogP contribution in [-0.2, 0) is 0 Å². The molecule has 3 rings (SSSR count). The van der Waals surface area contributed by atoms with Crippen molar-refractivity contribution in [1.82, 2.24) is 5.16 Å². The second kappa shape index (κ2) is 6.33. The topological polar surface area (TPSA) is 98.2 Å². The van der Waals surface area contributed by atoms with Crippen molar-refractivity contribution in [3.05, 3.63) is 77.4 Å². The minimum Gasteiger partial charge on any atom is -0.393 e. The monoisotopic (exact) mass is 325 g/mol. The van der Waals surface area contributed by atoms with Gasteiger partial charge in [-0.15, -0.1) is 0 Å². The van der Waals surface area contributed by atoms with E-state index >= 15 is 0 Å². The van der Waals surface area contributed by atoms with E-state index < -0.39 is 17.5 Å². The maximum atomic E-state index is 12.9. The molecule has 3 N–H and O–H groups in total. The van der Waals surface area contributed by atoms with Crippen LogP contribution in [0.1, 0.15) is 26.6 Å². The number of anilines is 2. The molecule has 7 heteroatoms. The predicted molar refractivity (Wildman–Crippen MR) is 85.1 cm³/mol. The fourth-order valence-corrected chi connectivity index (χ4v) is 2.07. The Morgan fingerprint density at radius 1 is 1.04 bits per heavy atom. The number of carbonyl (C=O) groups excluding carboxylic acids is 2. The summed E-state index contributed by atoms with van der Waals surface area (Å²) in [6.45, 7) is 0. The van der Waals surface area contributed by atoms with Gasteiger partial charge in [0.25, 0.3) is 5.91 Å². The maximum absolute atomic E-state index is 12.9. The third kappa shape index (κ3) is 3.00. The molecule has 0 spiro atoms. The number of rotatable bonds is 4. The van der Waals surface area contributed by atoms with E-state index in [0.29, 0.717) is 11.3 Å². The standard InChI is InChI=1S/C17H12FN3O3/c18-11-6-8-12(9-7-11)20-17(23)14-13(19)16(24-21-14)15(22)10-4-2-1-3-5-10/h1-9H,19H2,(H,20,23). The van der Waals surface area contributed by atoms with E-state index in [-0.39, 0.29) is 17.1 Å². The Morgan fingerprint density at radius 2 is 1.71 bits per heavy atom. The highest BCUT2D eigenvalue weighted by atomic mass is 19.1. The summed E-state index contributed by atoms with van der Waals surface area (Å²) in [7, 11) is 0. The zero-order valence-corrected chi connectivity index (χ0v) is 12.3. The van der Waals surface area contributed by atoms with Gasteiger partial charge in [0, 0.05) is 11.3 Å². The lowest BCUT2D eigenvalue weighted by atomic mass is 10.1. The average molecular weight is 325 g/mol. The Labute approximate surface area is 136 Å². The van der Waals surface area contributed by atoms with Crippen molar-refractivity contribution in [2.75, 3.05) is 11.1 Å². The molecular weight excluding hydrogens is 313 g/mol. The van der Waals surface area contributed by atoms with E-state index in [1.807, 2.05) is 0 Å². The molecule has 2 aromatic carbocycles. The zero-order valence-electron chi connectivity index (χ0n) is 12.3. The molecule has 0 fully saturated rings. The van der Waals surface area contributed by atoms with Gasteiger partial charge in [-0.1, -0.05) is 35.5 Å². The van der Waals surface area contributed by atoms with E-state index in [1.54, 1.807) is 30.3 Å². The summed E-state index contributed by atoms with van der Waals surface area (Å²) < 4.78 is 17.8. The number of nitrogens with zero attached hydrogens (tertiary/aromatic N) is 1. The molecule has 0 aliphatic rings. The quantitative estimate of drug-likeness (QED) is 0.719. The van der Waals surface area contributed by atoms with Crippen LogP contribution < -0.4 is 11.1 Å². The Hall–Kier alpha value is -3.48. The summed E-state index contributed by atoms with van der Waals surface area (Å²) in [4.78, 5) is 24.5. The van der Waals surface area contributed by atoms with Gasteiger partial charge in [-0.25, -0.2) is 4.39 Å². The SMILES string of the molecule is Nc1c(C(=O)Nc2ccc(F)cc2)noc1C(=O)c1ccccc1. The summed E-state index contributed by atoms with van der Waals surface area (Å²) >= 11 is 0. The third-order valence-electron chi connectivity index (χ3n) is 3.29. The number of ketones is 1. The highest BCUT2D eigenvalue weighted by Gasteiger charge is 2.25. The molecule has 0 aliphatic carbocycles. The number of benzene rings is 2. The molecule has 0 aliphatic heterocycles.